The first-order valence-electron chi connectivity index (χ1n) is 6.57. The molecule has 0 saturated carbocycles. The van der Waals surface area contributed by atoms with Gasteiger partial charge in [-0.3, -0.25) is 9.78 Å². The Morgan fingerprint density at radius 3 is 2.95 bits per heavy atom. The van der Waals surface area contributed by atoms with Crippen molar-refractivity contribution in [2.45, 2.75) is 12.6 Å². The molecule has 5 nitrogen and oxygen atoms in total. The van der Waals surface area contributed by atoms with Gasteiger partial charge in [-0.2, -0.15) is 0 Å². The standard InChI is InChI=1S/C15H15BrN4O/c1-20(8-9-4-2-3-5-18-9)13-7-12-10(6-11(13)16)14(17)15(21)19-12/h2-7,14H,8,17H2,1H3,(H,19,21). The number of hydrogen-bond acceptors (Lipinski definition) is 4. The van der Waals surface area contributed by atoms with Gasteiger partial charge in [0, 0.05) is 29.0 Å². The monoisotopic (exact) mass is 346 g/mol. The van der Waals surface area contributed by atoms with E-state index in [1.807, 2.05) is 37.4 Å². The number of amides is 1. The number of nitrogens with zero attached hydrogens (tertiary/aromatic N) is 2. The number of carbonyl (C=O) groups excluding carboxylic acids is 1. The van der Waals surface area contributed by atoms with Crippen LogP contribution in [-0.4, -0.2) is 17.9 Å². The van der Waals surface area contributed by atoms with Crippen molar-refractivity contribution in [1.82, 2.24) is 4.98 Å². The van der Waals surface area contributed by atoms with Gasteiger partial charge in [-0.1, -0.05) is 6.07 Å². The molecular formula is C15H15BrN4O. The van der Waals surface area contributed by atoms with E-state index < -0.39 is 6.04 Å². The highest BCUT2D eigenvalue weighted by Gasteiger charge is 2.28. The van der Waals surface area contributed by atoms with Crippen molar-refractivity contribution in [3.8, 4) is 0 Å². The highest BCUT2D eigenvalue weighted by atomic mass is 79.9. The first kappa shape index (κ1) is 14.0. The van der Waals surface area contributed by atoms with Gasteiger partial charge in [-0.25, -0.2) is 0 Å². The fourth-order valence-electron chi connectivity index (χ4n) is 2.41. The molecule has 1 atom stereocenters. The average Bonchev–Trinajstić information content (AvgIpc) is 2.74. The lowest BCUT2D eigenvalue weighted by atomic mass is 10.1. The van der Waals surface area contributed by atoms with Crippen molar-refractivity contribution in [2.24, 2.45) is 5.73 Å². The summed E-state index contributed by atoms with van der Waals surface area (Å²) in [6, 6.07) is 9.09. The van der Waals surface area contributed by atoms with Gasteiger partial charge < -0.3 is 16.0 Å². The lowest BCUT2D eigenvalue weighted by Crippen LogP contribution is -2.19. The summed E-state index contributed by atoms with van der Waals surface area (Å²) in [6.07, 6.45) is 1.78. The number of hydrogen-bond donors (Lipinski definition) is 2. The number of fused-ring (bicyclic) bond motifs is 1. The summed E-state index contributed by atoms with van der Waals surface area (Å²) in [7, 11) is 1.98. The number of benzene rings is 1. The van der Waals surface area contributed by atoms with Crippen LogP contribution >= 0.6 is 15.9 Å². The van der Waals surface area contributed by atoms with Gasteiger partial charge in [0.2, 0.25) is 5.91 Å². The third kappa shape index (κ3) is 2.64. The smallest absolute Gasteiger partial charge is 0.245 e. The second-order valence-electron chi connectivity index (χ2n) is 5.03. The molecule has 1 amide bonds. The molecule has 21 heavy (non-hydrogen) atoms. The molecule has 1 aromatic carbocycles. The average molecular weight is 347 g/mol. The topological polar surface area (TPSA) is 71.2 Å². The Kier molecular flexibility index (Phi) is 3.65. The number of nitrogens with one attached hydrogen (secondary N) is 1. The van der Waals surface area contributed by atoms with Crippen LogP contribution in [0.1, 0.15) is 17.3 Å². The van der Waals surface area contributed by atoms with E-state index in [0.717, 1.165) is 27.1 Å². The third-order valence-electron chi connectivity index (χ3n) is 3.53. The molecule has 1 aliphatic heterocycles. The predicted molar refractivity (Wildman–Crippen MR) is 86.0 cm³/mol. The van der Waals surface area contributed by atoms with Crippen molar-refractivity contribution in [3.63, 3.8) is 0 Å². The predicted octanol–water partition coefficient (Wildman–Crippen LogP) is 2.43. The van der Waals surface area contributed by atoms with E-state index in [9.17, 15) is 4.79 Å². The van der Waals surface area contributed by atoms with Crippen LogP contribution in [0.3, 0.4) is 0 Å². The second kappa shape index (κ2) is 5.46. The molecule has 0 aliphatic carbocycles. The zero-order chi connectivity index (χ0) is 15.0. The largest absolute Gasteiger partial charge is 0.368 e. The number of aromatic nitrogens is 1. The summed E-state index contributed by atoms with van der Waals surface area (Å²) in [5.74, 6) is -0.165. The molecule has 0 spiro atoms. The fourth-order valence-corrected chi connectivity index (χ4v) is 3.07. The quantitative estimate of drug-likeness (QED) is 0.895. The third-order valence-corrected chi connectivity index (χ3v) is 4.17. The van der Waals surface area contributed by atoms with Crippen LogP contribution in [0.15, 0.2) is 41.0 Å². The van der Waals surface area contributed by atoms with Gasteiger partial charge in [0.05, 0.1) is 17.9 Å². The van der Waals surface area contributed by atoms with E-state index in [1.165, 1.54) is 0 Å². The van der Waals surface area contributed by atoms with Crippen molar-refractivity contribution in [1.29, 1.82) is 0 Å². The Morgan fingerprint density at radius 1 is 1.43 bits per heavy atom. The lowest BCUT2D eigenvalue weighted by Gasteiger charge is -2.21. The Labute approximate surface area is 131 Å². The van der Waals surface area contributed by atoms with Gasteiger partial charge in [-0.15, -0.1) is 0 Å². The summed E-state index contributed by atoms with van der Waals surface area (Å²) in [6.45, 7) is 0.679. The molecule has 1 aliphatic rings. The maximum absolute atomic E-state index is 11.6. The first-order valence-corrected chi connectivity index (χ1v) is 7.36. The summed E-state index contributed by atoms with van der Waals surface area (Å²) in [4.78, 5) is 18.0. The molecule has 0 bridgehead atoms. The van der Waals surface area contributed by atoms with E-state index in [-0.39, 0.29) is 5.91 Å². The number of nitrogens with two attached hydrogens (primary N) is 1. The maximum atomic E-state index is 11.6. The Balaban J connectivity index is 1.90. The highest BCUT2D eigenvalue weighted by Crippen LogP contribution is 2.38. The lowest BCUT2D eigenvalue weighted by molar-refractivity contribution is -0.116. The Morgan fingerprint density at radius 2 is 2.24 bits per heavy atom. The van der Waals surface area contributed by atoms with E-state index in [2.05, 4.69) is 31.1 Å². The molecule has 0 radical (unpaired) electrons. The van der Waals surface area contributed by atoms with E-state index in [1.54, 1.807) is 6.20 Å². The van der Waals surface area contributed by atoms with Crippen LogP contribution in [-0.2, 0) is 11.3 Å². The van der Waals surface area contributed by atoms with Crippen LogP contribution in [0, 0.1) is 0 Å². The summed E-state index contributed by atoms with van der Waals surface area (Å²) < 4.78 is 0.909. The van der Waals surface area contributed by atoms with Crippen molar-refractivity contribution >= 4 is 33.2 Å². The molecule has 108 valence electrons. The SMILES string of the molecule is CN(Cc1ccccn1)c1cc2c(cc1Br)C(N)C(=O)N2. The van der Waals surface area contributed by atoms with Gasteiger partial charge in [-0.05, 0) is 40.2 Å². The number of halogens is 1. The van der Waals surface area contributed by atoms with E-state index in [0.29, 0.717) is 6.54 Å². The second-order valence-corrected chi connectivity index (χ2v) is 5.89. The van der Waals surface area contributed by atoms with Crippen LogP contribution in [0.4, 0.5) is 11.4 Å². The summed E-state index contributed by atoms with van der Waals surface area (Å²) in [5, 5.41) is 2.81. The highest BCUT2D eigenvalue weighted by molar-refractivity contribution is 9.10. The molecule has 0 fully saturated rings. The van der Waals surface area contributed by atoms with E-state index >= 15 is 0 Å². The molecule has 1 aromatic heterocycles. The van der Waals surface area contributed by atoms with Crippen LogP contribution in [0.2, 0.25) is 0 Å². The first-order chi connectivity index (χ1) is 10.1. The minimum Gasteiger partial charge on any atom is -0.368 e. The molecule has 3 N–H and O–H groups in total. The van der Waals surface area contributed by atoms with Crippen molar-refractivity contribution in [3.05, 3.63) is 52.3 Å². The van der Waals surface area contributed by atoms with Gasteiger partial charge in [0.15, 0.2) is 0 Å². The van der Waals surface area contributed by atoms with Crippen molar-refractivity contribution in [2.75, 3.05) is 17.3 Å². The zero-order valence-corrected chi connectivity index (χ0v) is 13.1. The van der Waals surface area contributed by atoms with Crippen LogP contribution in [0.5, 0.6) is 0 Å². The zero-order valence-electron chi connectivity index (χ0n) is 11.5. The van der Waals surface area contributed by atoms with E-state index in [4.69, 9.17) is 5.73 Å². The summed E-state index contributed by atoms with van der Waals surface area (Å²) in [5.41, 5.74) is 9.41. The Hall–Kier alpha value is -1.92. The normalized spacial score (nSPS) is 16.5. The maximum Gasteiger partial charge on any atom is 0.245 e. The van der Waals surface area contributed by atoms with Gasteiger partial charge in [0.1, 0.15) is 6.04 Å². The fraction of sp³-hybridized carbons (Fsp3) is 0.200. The molecule has 3 rings (SSSR count). The molecule has 6 heteroatoms. The molecule has 0 saturated heterocycles. The van der Waals surface area contributed by atoms with Crippen LogP contribution in [0.25, 0.3) is 0 Å². The minimum atomic E-state index is -0.591. The number of anilines is 2. The van der Waals surface area contributed by atoms with Crippen molar-refractivity contribution < 1.29 is 4.79 Å². The molecule has 2 aromatic rings. The number of pyridine rings is 1. The van der Waals surface area contributed by atoms with Gasteiger partial charge >= 0.3 is 0 Å². The van der Waals surface area contributed by atoms with Crippen LogP contribution < -0.4 is 16.0 Å². The minimum absolute atomic E-state index is 0.165. The van der Waals surface area contributed by atoms with Gasteiger partial charge in [0.25, 0.3) is 0 Å². The molecular weight excluding hydrogens is 332 g/mol. The molecule has 2 heterocycles. The number of rotatable bonds is 3. The summed E-state index contributed by atoms with van der Waals surface area (Å²) >= 11 is 3.55. The number of carbonyl (C=O) groups is 1. The Bertz CT molecular complexity index is 690. The molecule has 1 unspecified atom stereocenters.